The highest BCUT2D eigenvalue weighted by Crippen LogP contribution is 2.24. The fourth-order valence-electron chi connectivity index (χ4n) is 2.06. The second-order valence-corrected chi connectivity index (χ2v) is 6.71. The van der Waals surface area contributed by atoms with Gasteiger partial charge in [-0.25, -0.2) is 5.43 Å². The predicted octanol–water partition coefficient (Wildman–Crippen LogP) is 3.80. The quantitative estimate of drug-likeness (QED) is 0.670. The van der Waals surface area contributed by atoms with Crippen molar-refractivity contribution in [3.63, 3.8) is 0 Å². The van der Waals surface area contributed by atoms with Gasteiger partial charge in [0.2, 0.25) is 0 Å². The number of benzene rings is 1. The van der Waals surface area contributed by atoms with E-state index in [0.29, 0.717) is 17.2 Å². The highest BCUT2D eigenvalue weighted by atomic mass is 16.5. The maximum atomic E-state index is 11.8. The van der Waals surface area contributed by atoms with Crippen LogP contribution < -0.4 is 10.2 Å². The first-order chi connectivity index (χ1) is 11.3. The van der Waals surface area contributed by atoms with E-state index in [2.05, 4.69) is 31.3 Å². The number of carbonyl (C=O) groups excluding carboxylic acids is 1. The predicted molar refractivity (Wildman–Crippen MR) is 94.4 cm³/mol. The minimum Gasteiger partial charge on any atom is -0.484 e. The summed E-state index contributed by atoms with van der Waals surface area (Å²) < 4.78 is 10.9. The van der Waals surface area contributed by atoms with Crippen molar-refractivity contribution in [3.8, 4) is 5.75 Å². The Balaban J connectivity index is 1.85. The molecule has 0 aliphatic rings. The number of hydrazone groups is 1. The molecule has 0 unspecified atom stereocenters. The molecule has 24 heavy (non-hydrogen) atoms. The van der Waals surface area contributed by atoms with E-state index in [9.17, 15) is 4.79 Å². The van der Waals surface area contributed by atoms with E-state index in [4.69, 9.17) is 9.15 Å². The number of furan rings is 1. The number of hydrogen-bond donors (Lipinski definition) is 1. The summed E-state index contributed by atoms with van der Waals surface area (Å²) in [7, 11) is 0. The second kappa shape index (κ2) is 7.34. The second-order valence-electron chi connectivity index (χ2n) is 6.71. The Hall–Kier alpha value is -2.56. The van der Waals surface area contributed by atoms with Crippen LogP contribution in [-0.4, -0.2) is 18.2 Å². The number of amides is 1. The number of nitrogens with one attached hydrogen (secondary N) is 1. The molecule has 1 aromatic heterocycles. The van der Waals surface area contributed by atoms with Crippen molar-refractivity contribution in [1.82, 2.24) is 5.43 Å². The van der Waals surface area contributed by atoms with Gasteiger partial charge in [0.25, 0.3) is 5.91 Å². The van der Waals surface area contributed by atoms with Crippen molar-refractivity contribution in [2.24, 2.45) is 5.10 Å². The molecule has 0 atom stereocenters. The number of ether oxygens (including phenoxy) is 1. The molecular weight excluding hydrogens is 304 g/mol. The van der Waals surface area contributed by atoms with Crippen LogP contribution in [0.4, 0.5) is 0 Å². The van der Waals surface area contributed by atoms with Gasteiger partial charge in [-0.2, -0.15) is 5.10 Å². The maximum absolute atomic E-state index is 11.8. The smallest absolute Gasteiger partial charge is 0.277 e. The van der Waals surface area contributed by atoms with E-state index in [1.54, 1.807) is 6.92 Å². The lowest BCUT2D eigenvalue weighted by Crippen LogP contribution is -2.25. The molecule has 0 saturated carbocycles. The Kier molecular flexibility index (Phi) is 5.44. The van der Waals surface area contributed by atoms with Crippen molar-refractivity contribution in [1.29, 1.82) is 0 Å². The van der Waals surface area contributed by atoms with Crippen molar-refractivity contribution in [3.05, 3.63) is 53.5 Å². The lowest BCUT2D eigenvalue weighted by atomic mass is 9.87. The van der Waals surface area contributed by atoms with Crippen LogP contribution in [0.2, 0.25) is 0 Å². The van der Waals surface area contributed by atoms with Crippen LogP contribution in [0.3, 0.4) is 0 Å². The zero-order chi connectivity index (χ0) is 17.7. The summed E-state index contributed by atoms with van der Waals surface area (Å²) >= 11 is 0. The van der Waals surface area contributed by atoms with Crippen LogP contribution in [0.15, 0.2) is 45.9 Å². The van der Waals surface area contributed by atoms with Crippen LogP contribution >= 0.6 is 0 Å². The van der Waals surface area contributed by atoms with Gasteiger partial charge in [-0.15, -0.1) is 0 Å². The maximum Gasteiger partial charge on any atom is 0.277 e. The van der Waals surface area contributed by atoms with Gasteiger partial charge in [0, 0.05) is 0 Å². The third-order valence-electron chi connectivity index (χ3n) is 3.54. The Bertz CT molecular complexity index is 722. The first kappa shape index (κ1) is 17.8. The van der Waals surface area contributed by atoms with Crippen molar-refractivity contribution >= 4 is 11.6 Å². The van der Waals surface area contributed by atoms with Crippen molar-refractivity contribution in [2.45, 2.75) is 40.0 Å². The topological polar surface area (TPSA) is 63.8 Å². The fraction of sp³-hybridized carbons (Fsp3) is 0.368. The lowest BCUT2D eigenvalue weighted by molar-refractivity contribution is -0.123. The zero-order valence-electron chi connectivity index (χ0n) is 14.8. The molecule has 0 radical (unpaired) electrons. The Morgan fingerprint density at radius 1 is 1.17 bits per heavy atom. The molecule has 0 aliphatic carbocycles. The van der Waals surface area contributed by atoms with Gasteiger partial charge in [-0.3, -0.25) is 4.79 Å². The molecule has 1 heterocycles. The average molecular weight is 328 g/mol. The fourth-order valence-corrected chi connectivity index (χ4v) is 2.06. The first-order valence-electron chi connectivity index (χ1n) is 7.89. The van der Waals surface area contributed by atoms with Crippen LogP contribution in [0, 0.1) is 6.92 Å². The summed E-state index contributed by atoms with van der Waals surface area (Å²) in [5.41, 5.74) is 4.37. The molecule has 0 spiro atoms. The molecule has 0 saturated heterocycles. The summed E-state index contributed by atoms with van der Waals surface area (Å²) in [5, 5.41) is 4.01. The summed E-state index contributed by atoms with van der Waals surface area (Å²) in [6, 6.07) is 11.4. The summed E-state index contributed by atoms with van der Waals surface area (Å²) in [5.74, 6) is 1.76. The van der Waals surface area contributed by atoms with Crippen LogP contribution in [-0.2, 0) is 10.2 Å². The molecule has 1 amide bonds. The number of nitrogens with zero attached hydrogens (tertiary/aromatic N) is 1. The van der Waals surface area contributed by atoms with E-state index in [-0.39, 0.29) is 17.9 Å². The van der Waals surface area contributed by atoms with Crippen molar-refractivity contribution < 1.29 is 13.9 Å². The van der Waals surface area contributed by atoms with E-state index in [1.165, 1.54) is 5.56 Å². The highest BCUT2D eigenvalue weighted by molar-refractivity contribution is 5.96. The molecule has 2 aromatic rings. The van der Waals surface area contributed by atoms with Gasteiger partial charge in [-0.1, -0.05) is 32.9 Å². The van der Waals surface area contributed by atoms with Gasteiger partial charge in [0.15, 0.2) is 6.61 Å². The largest absolute Gasteiger partial charge is 0.484 e. The number of hydrogen-bond acceptors (Lipinski definition) is 4. The molecule has 1 N–H and O–H groups in total. The molecule has 0 bridgehead atoms. The van der Waals surface area contributed by atoms with E-state index in [0.717, 1.165) is 5.76 Å². The van der Waals surface area contributed by atoms with Gasteiger partial charge < -0.3 is 9.15 Å². The Morgan fingerprint density at radius 3 is 2.38 bits per heavy atom. The molecule has 1 aromatic carbocycles. The molecule has 128 valence electrons. The van der Waals surface area contributed by atoms with Crippen LogP contribution in [0.1, 0.15) is 44.8 Å². The molecule has 5 heteroatoms. The highest BCUT2D eigenvalue weighted by Gasteiger charge is 2.13. The summed E-state index contributed by atoms with van der Waals surface area (Å²) in [4.78, 5) is 11.8. The number of aryl methyl sites for hydroxylation is 1. The first-order valence-corrected chi connectivity index (χ1v) is 7.89. The average Bonchev–Trinajstić information content (AvgIpc) is 2.96. The zero-order valence-corrected chi connectivity index (χ0v) is 14.8. The molecule has 0 aliphatic heterocycles. The lowest BCUT2D eigenvalue weighted by Gasteiger charge is -2.19. The minimum absolute atomic E-state index is 0.0896. The normalized spacial score (nSPS) is 12.1. The Morgan fingerprint density at radius 2 is 1.83 bits per heavy atom. The summed E-state index contributed by atoms with van der Waals surface area (Å²) in [6.07, 6.45) is 0. The summed E-state index contributed by atoms with van der Waals surface area (Å²) in [6.45, 7) is 9.98. The molecule has 2 rings (SSSR count). The SMILES string of the molecule is C/C(=N/NC(=O)COc1ccc(C(C)(C)C)cc1)c1ccc(C)o1. The van der Waals surface area contributed by atoms with Gasteiger partial charge in [0.1, 0.15) is 23.0 Å². The van der Waals surface area contributed by atoms with Crippen molar-refractivity contribution in [2.75, 3.05) is 6.61 Å². The number of rotatable bonds is 5. The third-order valence-corrected chi connectivity index (χ3v) is 3.54. The Labute approximate surface area is 142 Å². The van der Waals surface area contributed by atoms with E-state index in [1.807, 2.05) is 43.3 Å². The van der Waals surface area contributed by atoms with Gasteiger partial charge >= 0.3 is 0 Å². The van der Waals surface area contributed by atoms with Gasteiger partial charge in [0.05, 0.1) is 0 Å². The monoisotopic (exact) mass is 328 g/mol. The van der Waals surface area contributed by atoms with E-state index < -0.39 is 0 Å². The van der Waals surface area contributed by atoms with Crippen LogP contribution in [0.25, 0.3) is 0 Å². The standard InChI is InChI=1S/C19H24N2O3/c1-13-6-11-17(24-13)14(2)20-21-18(22)12-23-16-9-7-15(8-10-16)19(3,4)5/h6-11H,12H2,1-5H3,(H,21,22)/b20-14-. The number of carbonyl (C=O) groups is 1. The third kappa shape index (κ3) is 4.98. The van der Waals surface area contributed by atoms with E-state index >= 15 is 0 Å². The molecular formula is C19H24N2O3. The van der Waals surface area contributed by atoms with Crippen LogP contribution in [0.5, 0.6) is 5.75 Å². The molecule has 0 fully saturated rings. The minimum atomic E-state index is -0.322. The van der Waals surface area contributed by atoms with Gasteiger partial charge in [-0.05, 0) is 49.1 Å². The molecule has 5 nitrogen and oxygen atoms in total.